The van der Waals surface area contributed by atoms with Crippen molar-refractivity contribution >= 4 is 39.7 Å². The molecule has 2 aromatic rings. The van der Waals surface area contributed by atoms with E-state index in [2.05, 4.69) is 31.4 Å². The number of carbonyl (C=O) groups is 2. The van der Waals surface area contributed by atoms with E-state index < -0.39 is 5.97 Å². The number of esters is 1. The number of halogens is 1. The minimum atomic E-state index is -0.465. The Labute approximate surface area is 195 Å². The Bertz CT molecular complexity index is 972. The molecule has 1 fully saturated rings. The average molecular weight is 504 g/mol. The summed E-state index contributed by atoms with van der Waals surface area (Å²) in [6, 6.07) is 10.9. The molecule has 0 radical (unpaired) electrons. The van der Waals surface area contributed by atoms with E-state index in [4.69, 9.17) is 14.2 Å². The van der Waals surface area contributed by atoms with E-state index in [1.54, 1.807) is 31.2 Å². The van der Waals surface area contributed by atoms with Crippen LogP contribution in [0.15, 0.2) is 46.0 Å². The van der Waals surface area contributed by atoms with E-state index in [1.807, 2.05) is 12.1 Å². The monoisotopic (exact) mass is 503 g/mol. The van der Waals surface area contributed by atoms with E-state index in [-0.39, 0.29) is 19.1 Å². The lowest BCUT2D eigenvalue weighted by Gasteiger charge is -2.17. The second-order valence-corrected chi connectivity index (χ2v) is 7.91. The Morgan fingerprint density at radius 3 is 2.53 bits per heavy atom. The minimum absolute atomic E-state index is 0.226. The van der Waals surface area contributed by atoms with Gasteiger partial charge in [-0.2, -0.15) is 5.10 Å². The third-order valence-electron chi connectivity index (χ3n) is 4.90. The number of rotatable bonds is 9. The second-order valence-electron chi connectivity index (χ2n) is 7.06. The number of hydrogen-bond acceptors (Lipinski definition) is 7. The molecule has 2 aromatic carbocycles. The molecular weight excluding hydrogens is 478 g/mol. The molecule has 1 heterocycles. The predicted octanol–water partition coefficient (Wildman–Crippen LogP) is 3.76. The van der Waals surface area contributed by atoms with Crippen molar-refractivity contribution in [2.75, 3.05) is 38.3 Å². The maximum atomic E-state index is 12.4. The number of amides is 1. The summed E-state index contributed by atoms with van der Waals surface area (Å²) in [6.07, 6.45) is 3.91. The lowest BCUT2D eigenvalue weighted by Crippen LogP contribution is -2.19. The van der Waals surface area contributed by atoms with E-state index >= 15 is 0 Å². The molecule has 170 valence electrons. The van der Waals surface area contributed by atoms with Crippen molar-refractivity contribution in [2.45, 2.75) is 19.8 Å². The van der Waals surface area contributed by atoms with Gasteiger partial charge < -0.3 is 19.1 Å². The summed E-state index contributed by atoms with van der Waals surface area (Å²) in [5, 5.41) is 4.05. The van der Waals surface area contributed by atoms with E-state index in [1.165, 1.54) is 26.2 Å². The number of benzene rings is 2. The van der Waals surface area contributed by atoms with E-state index in [9.17, 15) is 9.59 Å². The molecule has 8 nitrogen and oxygen atoms in total. The fourth-order valence-corrected chi connectivity index (χ4v) is 3.71. The molecule has 9 heteroatoms. The van der Waals surface area contributed by atoms with Gasteiger partial charge in [-0.3, -0.25) is 4.79 Å². The van der Waals surface area contributed by atoms with Gasteiger partial charge in [-0.15, -0.1) is 0 Å². The molecule has 1 N–H and O–H groups in total. The first kappa shape index (κ1) is 23.6. The molecule has 0 saturated carbocycles. The first-order chi connectivity index (χ1) is 15.5. The zero-order valence-electron chi connectivity index (χ0n) is 18.1. The molecule has 0 atom stereocenters. The van der Waals surface area contributed by atoms with Crippen molar-refractivity contribution in [2.24, 2.45) is 5.10 Å². The van der Waals surface area contributed by atoms with Gasteiger partial charge in [-0.25, -0.2) is 10.2 Å². The van der Waals surface area contributed by atoms with Gasteiger partial charge in [0.15, 0.2) is 18.1 Å². The van der Waals surface area contributed by atoms with Gasteiger partial charge >= 0.3 is 5.97 Å². The van der Waals surface area contributed by atoms with Gasteiger partial charge in [0.25, 0.3) is 5.91 Å². The quantitative estimate of drug-likeness (QED) is 0.318. The minimum Gasteiger partial charge on any atom is -0.493 e. The Morgan fingerprint density at radius 2 is 1.88 bits per heavy atom. The summed E-state index contributed by atoms with van der Waals surface area (Å²) < 4.78 is 16.3. The van der Waals surface area contributed by atoms with Crippen LogP contribution in [-0.4, -0.2) is 51.5 Å². The molecule has 0 aromatic heterocycles. The van der Waals surface area contributed by atoms with Gasteiger partial charge in [0, 0.05) is 34.4 Å². The fourth-order valence-electron chi connectivity index (χ4n) is 3.29. The molecule has 1 saturated heterocycles. The Balaban J connectivity index is 1.61. The summed E-state index contributed by atoms with van der Waals surface area (Å²) in [4.78, 5) is 26.2. The Hall–Kier alpha value is -3.07. The van der Waals surface area contributed by atoms with Crippen LogP contribution in [0.1, 0.15) is 35.7 Å². The zero-order valence-corrected chi connectivity index (χ0v) is 19.7. The summed E-state index contributed by atoms with van der Waals surface area (Å²) in [7, 11) is 1.50. The van der Waals surface area contributed by atoms with Crippen molar-refractivity contribution in [3.05, 3.63) is 52.0 Å². The van der Waals surface area contributed by atoms with Crippen molar-refractivity contribution < 1.29 is 23.8 Å². The largest absolute Gasteiger partial charge is 0.493 e. The van der Waals surface area contributed by atoms with Crippen LogP contribution in [0.2, 0.25) is 0 Å². The molecule has 3 rings (SSSR count). The van der Waals surface area contributed by atoms with E-state index in [0.29, 0.717) is 27.1 Å². The van der Waals surface area contributed by atoms with Crippen LogP contribution in [0.5, 0.6) is 11.5 Å². The summed E-state index contributed by atoms with van der Waals surface area (Å²) in [5.41, 5.74) is 4.86. The highest BCUT2D eigenvalue weighted by Crippen LogP contribution is 2.33. The molecule has 0 bridgehead atoms. The van der Waals surface area contributed by atoms with Crippen LogP contribution in [0.3, 0.4) is 0 Å². The number of nitrogens with one attached hydrogen (secondary N) is 1. The maximum absolute atomic E-state index is 12.4. The van der Waals surface area contributed by atoms with Crippen LogP contribution in [-0.2, 0) is 9.53 Å². The van der Waals surface area contributed by atoms with Crippen molar-refractivity contribution in [1.82, 2.24) is 5.43 Å². The first-order valence-electron chi connectivity index (χ1n) is 10.4. The zero-order chi connectivity index (χ0) is 22.9. The predicted molar refractivity (Wildman–Crippen MR) is 126 cm³/mol. The Morgan fingerprint density at radius 1 is 1.16 bits per heavy atom. The highest BCUT2D eigenvalue weighted by atomic mass is 79.9. The molecule has 0 unspecified atom stereocenters. The molecule has 0 spiro atoms. The van der Waals surface area contributed by atoms with Crippen molar-refractivity contribution in [3.63, 3.8) is 0 Å². The number of carbonyl (C=O) groups excluding carboxylic acids is 2. The molecule has 1 amide bonds. The van der Waals surface area contributed by atoms with Crippen LogP contribution in [0.25, 0.3) is 0 Å². The number of methoxy groups -OCH3 is 1. The van der Waals surface area contributed by atoms with Gasteiger partial charge in [-0.05, 0) is 72.1 Å². The normalized spacial score (nSPS) is 13.3. The molecule has 0 aliphatic carbocycles. The van der Waals surface area contributed by atoms with Gasteiger partial charge in [0.1, 0.15) is 0 Å². The van der Waals surface area contributed by atoms with Crippen LogP contribution in [0.4, 0.5) is 5.69 Å². The van der Waals surface area contributed by atoms with Crippen molar-refractivity contribution in [3.8, 4) is 11.5 Å². The molecule has 1 aliphatic heterocycles. The smallest absolute Gasteiger partial charge is 0.344 e. The van der Waals surface area contributed by atoms with Crippen LogP contribution in [0, 0.1) is 0 Å². The van der Waals surface area contributed by atoms with Crippen LogP contribution < -0.4 is 19.8 Å². The van der Waals surface area contributed by atoms with Crippen molar-refractivity contribution in [1.29, 1.82) is 0 Å². The topological polar surface area (TPSA) is 89.5 Å². The summed E-state index contributed by atoms with van der Waals surface area (Å²) >= 11 is 3.44. The Kier molecular flexibility index (Phi) is 8.49. The summed E-state index contributed by atoms with van der Waals surface area (Å²) in [5.74, 6) is 0.0358. The molecular formula is C23H26BrN3O5. The second kappa shape index (κ2) is 11.5. The fraction of sp³-hybridized carbons (Fsp3) is 0.348. The van der Waals surface area contributed by atoms with Gasteiger partial charge in [0.2, 0.25) is 0 Å². The summed E-state index contributed by atoms with van der Waals surface area (Å²) in [6.45, 7) is 3.90. The number of hydrazone groups is 1. The van der Waals surface area contributed by atoms with Gasteiger partial charge in [-0.1, -0.05) is 0 Å². The highest BCUT2D eigenvalue weighted by molar-refractivity contribution is 9.10. The SMILES string of the molecule is CCOC(=O)COc1cc(Br)c(/C=N\NC(=O)c2ccc(N3CCCC3)cc2)cc1OC. The first-order valence-corrected chi connectivity index (χ1v) is 11.2. The van der Waals surface area contributed by atoms with E-state index in [0.717, 1.165) is 18.8 Å². The average Bonchev–Trinajstić information content (AvgIpc) is 3.34. The van der Waals surface area contributed by atoms with Crippen LogP contribution >= 0.6 is 15.9 Å². The number of hydrogen-bond donors (Lipinski definition) is 1. The lowest BCUT2D eigenvalue weighted by atomic mass is 10.2. The van der Waals surface area contributed by atoms with Gasteiger partial charge in [0.05, 0.1) is 19.9 Å². The third-order valence-corrected chi connectivity index (χ3v) is 5.59. The highest BCUT2D eigenvalue weighted by Gasteiger charge is 2.14. The maximum Gasteiger partial charge on any atom is 0.344 e. The lowest BCUT2D eigenvalue weighted by molar-refractivity contribution is -0.145. The number of nitrogens with zero attached hydrogens (tertiary/aromatic N) is 2. The third kappa shape index (κ3) is 6.23. The molecule has 1 aliphatic rings. The number of anilines is 1. The standard InChI is InChI=1S/C23H26BrN3O5/c1-3-31-22(28)15-32-21-13-19(24)17(12-20(21)30-2)14-25-26-23(29)16-6-8-18(9-7-16)27-10-4-5-11-27/h6-9,12-14H,3-5,10-11,15H2,1-2H3,(H,26,29)/b25-14-. The molecule has 32 heavy (non-hydrogen) atoms. The number of ether oxygens (including phenoxy) is 3.